The molecule has 0 atom stereocenters. The van der Waals surface area contributed by atoms with E-state index in [9.17, 15) is 0 Å². The first-order valence-corrected chi connectivity index (χ1v) is 9.81. The number of thiophene rings is 1. The quantitative estimate of drug-likeness (QED) is 0.562. The lowest BCUT2D eigenvalue weighted by molar-refractivity contribution is 0.324. The molecule has 0 saturated heterocycles. The van der Waals surface area contributed by atoms with Gasteiger partial charge in [0.1, 0.15) is 10.6 Å². The summed E-state index contributed by atoms with van der Waals surface area (Å²) in [6, 6.07) is 3.64. The Morgan fingerprint density at radius 1 is 1.03 bits per heavy atom. The van der Waals surface area contributed by atoms with Crippen molar-refractivity contribution in [1.29, 1.82) is 0 Å². The predicted molar refractivity (Wildman–Crippen MR) is 117 cm³/mol. The summed E-state index contributed by atoms with van der Waals surface area (Å²) in [4.78, 5) is 13.9. The van der Waals surface area contributed by atoms with Crippen molar-refractivity contribution in [2.75, 3.05) is 26.6 Å². The molecule has 0 amide bonds. The largest absolute Gasteiger partial charge is 0.493 e. The minimum atomic E-state index is -0.208. The van der Waals surface area contributed by atoms with Gasteiger partial charge in [-0.2, -0.15) is 0 Å². The lowest BCUT2D eigenvalue weighted by Gasteiger charge is -2.22. The average molecular weight is 413 g/mol. The monoisotopic (exact) mass is 412 g/mol. The zero-order chi connectivity index (χ0) is 21.3. The van der Waals surface area contributed by atoms with Crippen LogP contribution in [0.15, 0.2) is 12.1 Å². The fourth-order valence-electron chi connectivity index (χ4n) is 3.02. The molecule has 3 aromatic rings. The Morgan fingerprint density at radius 3 is 2.14 bits per heavy atom. The van der Waals surface area contributed by atoms with Crippen LogP contribution in [-0.2, 0) is 0 Å². The molecule has 1 aromatic carbocycles. The number of hydrogen-bond acceptors (Lipinski definition) is 7. The minimum absolute atomic E-state index is 0.208. The predicted octanol–water partition coefficient (Wildman–Crippen LogP) is 5.45. The van der Waals surface area contributed by atoms with E-state index in [0.717, 1.165) is 21.3 Å². The van der Waals surface area contributed by atoms with Crippen molar-refractivity contribution in [3.63, 3.8) is 0 Å². The van der Waals surface area contributed by atoms with Gasteiger partial charge in [0.2, 0.25) is 10.8 Å². The van der Waals surface area contributed by atoms with Crippen molar-refractivity contribution in [3.8, 4) is 28.6 Å². The number of nitrogens with zero attached hydrogens (tertiary/aromatic N) is 3. The van der Waals surface area contributed by atoms with Gasteiger partial charge in [0.25, 0.3) is 0 Å². The fraction of sp³-hybridized carbons (Fsp3) is 0.381. The van der Waals surface area contributed by atoms with Crippen LogP contribution in [0.1, 0.15) is 26.3 Å². The lowest BCUT2D eigenvalue weighted by atomic mass is 10.1. The van der Waals surface area contributed by atoms with Crippen LogP contribution in [-0.4, -0.2) is 36.8 Å². The molecule has 1 N–H and O–H groups in total. The van der Waals surface area contributed by atoms with Crippen molar-refractivity contribution in [2.24, 2.45) is 0 Å². The Morgan fingerprint density at radius 2 is 1.66 bits per heavy atom. The van der Waals surface area contributed by atoms with Crippen LogP contribution >= 0.6 is 11.3 Å². The molecule has 29 heavy (non-hydrogen) atoms. The average Bonchev–Trinajstić information content (AvgIpc) is 3.01. The van der Waals surface area contributed by atoms with Crippen molar-refractivity contribution in [1.82, 2.24) is 9.97 Å². The summed E-state index contributed by atoms with van der Waals surface area (Å²) in [5.74, 6) is 2.78. The first-order valence-electron chi connectivity index (χ1n) is 8.99. The number of anilines is 1. The highest BCUT2D eigenvalue weighted by molar-refractivity contribution is 7.22. The Kier molecular flexibility index (Phi) is 5.53. The van der Waals surface area contributed by atoms with E-state index in [1.54, 1.807) is 21.3 Å². The van der Waals surface area contributed by atoms with Gasteiger partial charge in [0.15, 0.2) is 17.3 Å². The van der Waals surface area contributed by atoms with Gasteiger partial charge in [0.05, 0.1) is 27.9 Å². The molecule has 3 rings (SSSR count). The molecule has 8 heteroatoms. The van der Waals surface area contributed by atoms with E-state index < -0.39 is 0 Å². The number of rotatable bonds is 5. The second-order valence-corrected chi connectivity index (χ2v) is 8.49. The van der Waals surface area contributed by atoms with Gasteiger partial charge in [0, 0.05) is 16.5 Å². The summed E-state index contributed by atoms with van der Waals surface area (Å²) in [5.41, 5.74) is 1.41. The van der Waals surface area contributed by atoms with Crippen LogP contribution in [0.25, 0.3) is 26.4 Å². The highest BCUT2D eigenvalue weighted by Crippen LogP contribution is 2.43. The van der Waals surface area contributed by atoms with Crippen molar-refractivity contribution >= 4 is 32.4 Å². The third-order valence-electron chi connectivity index (χ3n) is 4.28. The molecular weight excluding hydrogens is 388 g/mol. The van der Waals surface area contributed by atoms with E-state index in [0.29, 0.717) is 33.9 Å². The smallest absolute Gasteiger partial charge is 0.246 e. The van der Waals surface area contributed by atoms with Crippen LogP contribution in [0.2, 0.25) is 0 Å². The molecule has 152 valence electrons. The normalized spacial score (nSPS) is 11.2. The molecule has 7 nitrogen and oxygen atoms in total. The Labute approximate surface area is 174 Å². The summed E-state index contributed by atoms with van der Waals surface area (Å²) in [6.07, 6.45) is 0. The number of nitrogens with one attached hydrogen (secondary N) is 1. The van der Waals surface area contributed by atoms with Gasteiger partial charge in [-0.3, -0.25) is 0 Å². The van der Waals surface area contributed by atoms with Crippen molar-refractivity contribution < 1.29 is 14.2 Å². The van der Waals surface area contributed by atoms with Gasteiger partial charge >= 0.3 is 0 Å². The standard InChI is InChI=1S/C21H24N4O3S/c1-11-15-18(25-21(2,3)4)23-17(24-20(15)29-19(11)22-5)12-9-13(26-6)16(28-8)14(10-12)27-7/h9-10H,1-4,6-8H3,(H,23,24,25). The molecule has 0 bridgehead atoms. The number of hydrogen-bond donors (Lipinski definition) is 1. The number of aromatic nitrogens is 2. The molecule has 0 fully saturated rings. The third kappa shape index (κ3) is 3.91. The van der Waals surface area contributed by atoms with Crippen molar-refractivity contribution in [3.05, 3.63) is 29.1 Å². The van der Waals surface area contributed by atoms with Crippen LogP contribution in [0.5, 0.6) is 17.2 Å². The Balaban J connectivity index is 2.29. The first kappa shape index (κ1) is 20.7. The highest BCUT2D eigenvalue weighted by Gasteiger charge is 2.22. The summed E-state index contributed by atoms with van der Waals surface area (Å²) in [5, 5.41) is 4.96. The molecular formula is C21H24N4O3S. The second-order valence-electron chi connectivity index (χ2n) is 7.51. The number of aryl methyl sites for hydroxylation is 1. The highest BCUT2D eigenvalue weighted by atomic mass is 32.1. The van der Waals surface area contributed by atoms with Gasteiger partial charge in [-0.25, -0.2) is 14.8 Å². The Hall–Kier alpha value is -3.05. The second kappa shape index (κ2) is 7.76. The number of benzene rings is 1. The maximum absolute atomic E-state index is 7.46. The zero-order valence-electron chi connectivity index (χ0n) is 17.6. The molecule has 0 aliphatic carbocycles. The van der Waals surface area contributed by atoms with E-state index in [1.165, 1.54) is 11.3 Å². The van der Waals surface area contributed by atoms with E-state index in [2.05, 4.69) is 30.9 Å². The third-order valence-corrected chi connectivity index (χ3v) is 5.36. The molecule has 0 spiro atoms. The maximum atomic E-state index is 7.46. The van der Waals surface area contributed by atoms with Gasteiger partial charge in [-0.15, -0.1) is 11.3 Å². The minimum Gasteiger partial charge on any atom is -0.493 e. The topological polar surface area (TPSA) is 69.9 Å². The van der Waals surface area contributed by atoms with Gasteiger partial charge in [-0.05, 0) is 45.4 Å². The van der Waals surface area contributed by atoms with Crippen LogP contribution < -0.4 is 19.5 Å². The maximum Gasteiger partial charge on any atom is 0.246 e. The van der Waals surface area contributed by atoms with E-state index in [1.807, 2.05) is 19.1 Å². The van der Waals surface area contributed by atoms with Gasteiger partial charge in [-0.1, -0.05) is 0 Å². The summed E-state index contributed by atoms with van der Waals surface area (Å²) in [6.45, 7) is 15.6. The molecule has 0 radical (unpaired) electrons. The molecule has 0 unspecified atom stereocenters. The van der Waals surface area contributed by atoms with Crippen LogP contribution in [0.3, 0.4) is 0 Å². The van der Waals surface area contributed by atoms with Crippen molar-refractivity contribution in [2.45, 2.75) is 33.2 Å². The lowest BCUT2D eigenvalue weighted by Crippen LogP contribution is -2.27. The molecule has 0 aliphatic rings. The fourth-order valence-corrected chi connectivity index (χ4v) is 3.99. The number of ether oxygens (including phenoxy) is 3. The molecule has 0 saturated carbocycles. The SMILES string of the molecule is [C-]#[N+]c1sc2nc(-c3cc(OC)c(OC)c(OC)c3)nc(NC(C)(C)C)c2c1C. The first-order chi connectivity index (χ1) is 13.7. The number of methoxy groups -OCH3 is 3. The molecule has 2 heterocycles. The van der Waals surface area contributed by atoms with E-state index in [4.69, 9.17) is 30.8 Å². The molecule has 2 aromatic heterocycles. The summed E-state index contributed by atoms with van der Waals surface area (Å²) < 4.78 is 16.3. The van der Waals surface area contributed by atoms with E-state index >= 15 is 0 Å². The Bertz CT molecular complexity index is 1080. The van der Waals surface area contributed by atoms with E-state index in [-0.39, 0.29) is 5.54 Å². The van der Waals surface area contributed by atoms with Gasteiger partial charge < -0.3 is 19.5 Å². The zero-order valence-corrected chi connectivity index (χ0v) is 18.4. The molecule has 0 aliphatic heterocycles. The number of fused-ring (bicyclic) bond motifs is 1. The van der Waals surface area contributed by atoms with Crippen LogP contribution in [0, 0.1) is 13.5 Å². The summed E-state index contributed by atoms with van der Waals surface area (Å²) >= 11 is 1.37. The summed E-state index contributed by atoms with van der Waals surface area (Å²) in [7, 11) is 4.71. The van der Waals surface area contributed by atoms with Crippen LogP contribution in [0.4, 0.5) is 10.8 Å².